The summed E-state index contributed by atoms with van der Waals surface area (Å²) in [5, 5.41) is 6.98. The normalized spacial score (nSPS) is 13.4. The van der Waals surface area contributed by atoms with E-state index < -0.39 is 17.8 Å². The topological polar surface area (TPSA) is 12.0 Å². The Morgan fingerprint density at radius 1 is 1.20 bits per heavy atom. The second kappa shape index (κ2) is 6.41. The molecule has 108 valence electrons. The zero-order valence-electron chi connectivity index (χ0n) is 11.1. The maximum Gasteiger partial charge on any atom is 0.416 e. The van der Waals surface area contributed by atoms with Gasteiger partial charge in [0, 0.05) is 0 Å². The van der Waals surface area contributed by atoms with Gasteiger partial charge in [-0.15, -0.1) is 0 Å². The second-order valence-electron chi connectivity index (χ2n) is 4.53. The van der Waals surface area contributed by atoms with Gasteiger partial charge in [-0.3, -0.25) is 0 Å². The smallest absolute Gasteiger partial charge is 0.306 e. The molecule has 1 heterocycles. The van der Waals surface area contributed by atoms with Crippen LogP contribution in [0, 0.1) is 0 Å². The van der Waals surface area contributed by atoms with Gasteiger partial charge in [-0.25, -0.2) is 0 Å². The van der Waals surface area contributed by atoms with E-state index >= 15 is 0 Å². The van der Waals surface area contributed by atoms with Gasteiger partial charge in [-0.1, -0.05) is 25.1 Å². The number of nitrogens with one attached hydrogen (secondary N) is 1. The molecule has 1 nitrogen and oxygen atoms in total. The molecule has 0 amide bonds. The summed E-state index contributed by atoms with van der Waals surface area (Å²) in [7, 11) is 0. The van der Waals surface area contributed by atoms with Gasteiger partial charge in [0.25, 0.3) is 0 Å². The van der Waals surface area contributed by atoms with Crippen LogP contribution in [-0.4, -0.2) is 6.54 Å². The lowest BCUT2D eigenvalue weighted by molar-refractivity contribution is -0.138. The molecule has 0 radical (unpaired) electrons. The Bertz CT molecular complexity index is 534. The highest BCUT2D eigenvalue weighted by Gasteiger charge is 2.35. The van der Waals surface area contributed by atoms with Gasteiger partial charge in [0.15, 0.2) is 0 Å². The number of alkyl halides is 3. The van der Waals surface area contributed by atoms with Crippen molar-refractivity contribution in [1.29, 1.82) is 0 Å². The number of halogens is 3. The Labute approximate surface area is 120 Å². The highest BCUT2D eigenvalue weighted by atomic mass is 32.1. The largest absolute Gasteiger partial charge is 0.416 e. The minimum absolute atomic E-state index is 0.284. The lowest BCUT2D eigenvalue weighted by Gasteiger charge is -2.22. The van der Waals surface area contributed by atoms with Crippen LogP contribution < -0.4 is 5.32 Å². The van der Waals surface area contributed by atoms with Crippen molar-refractivity contribution in [2.24, 2.45) is 0 Å². The van der Waals surface area contributed by atoms with Crippen LogP contribution in [0.1, 0.15) is 36.1 Å². The molecule has 1 aromatic carbocycles. The standard InChI is InChI=1S/C15H16F3NS/c1-2-8-19-14(11-7-9-20-10-11)12-5-3-4-6-13(12)15(16,17)18/h3-7,9-10,14,19H,2,8H2,1H3. The van der Waals surface area contributed by atoms with Crippen molar-refractivity contribution in [2.45, 2.75) is 25.6 Å². The maximum atomic E-state index is 13.1. The third-order valence-electron chi connectivity index (χ3n) is 3.05. The molecule has 1 aromatic heterocycles. The van der Waals surface area contributed by atoms with E-state index in [0.29, 0.717) is 6.54 Å². The highest BCUT2D eigenvalue weighted by Crippen LogP contribution is 2.36. The molecule has 5 heteroatoms. The van der Waals surface area contributed by atoms with Gasteiger partial charge in [0.05, 0.1) is 11.6 Å². The van der Waals surface area contributed by atoms with Crippen LogP contribution >= 0.6 is 11.3 Å². The van der Waals surface area contributed by atoms with Crippen LogP contribution in [0.4, 0.5) is 13.2 Å². The van der Waals surface area contributed by atoms with Gasteiger partial charge in [0.1, 0.15) is 0 Å². The van der Waals surface area contributed by atoms with Crippen LogP contribution in [0.15, 0.2) is 41.1 Å². The molecule has 0 aliphatic rings. The fourth-order valence-electron chi connectivity index (χ4n) is 2.14. The number of thiophene rings is 1. The molecular weight excluding hydrogens is 283 g/mol. The molecule has 0 aliphatic heterocycles. The van der Waals surface area contributed by atoms with E-state index in [1.54, 1.807) is 12.1 Å². The zero-order valence-corrected chi connectivity index (χ0v) is 11.9. The average molecular weight is 299 g/mol. The van der Waals surface area contributed by atoms with Gasteiger partial charge in [-0.05, 0) is 47.0 Å². The molecule has 2 rings (SSSR count). The molecule has 0 spiro atoms. The van der Waals surface area contributed by atoms with Crippen LogP contribution in [-0.2, 0) is 6.18 Å². The summed E-state index contributed by atoms with van der Waals surface area (Å²) < 4.78 is 39.4. The van der Waals surface area contributed by atoms with E-state index in [4.69, 9.17) is 0 Å². The SMILES string of the molecule is CCCNC(c1ccsc1)c1ccccc1C(F)(F)F. The lowest BCUT2D eigenvalue weighted by atomic mass is 9.95. The first-order valence-electron chi connectivity index (χ1n) is 6.45. The van der Waals surface area contributed by atoms with Gasteiger partial charge >= 0.3 is 6.18 Å². The third kappa shape index (κ3) is 3.41. The minimum atomic E-state index is -4.33. The third-order valence-corrected chi connectivity index (χ3v) is 3.75. The molecule has 1 unspecified atom stereocenters. The van der Waals surface area contributed by atoms with Crippen molar-refractivity contribution in [3.8, 4) is 0 Å². The van der Waals surface area contributed by atoms with E-state index in [1.807, 2.05) is 23.8 Å². The minimum Gasteiger partial charge on any atom is -0.306 e. The van der Waals surface area contributed by atoms with Crippen LogP contribution in [0.3, 0.4) is 0 Å². The molecule has 1 N–H and O–H groups in total. The van der Waals surface area contributed by atoms with Crippen molar-refractivity contribution in [2.75, 3.05) is 6.54 Å². The molecule has 0 aliphatic carbocycles. The van der Waals surface area contributed by atoms with Crippen LogP contribution in [0.25, 0.3) is 0 Å². The fourth-order valence-corrected chi connectivity index (χ4v) is 2.83. The zero-order chi connectivity index (χ0) is 14.6. The monoisotopic (exact) mass is 299 g/mol. The van der Waals surface area contributed by atoms with E-state index in [1.165, 1.54) is 17.4 Å². The van der Waals surface area contributed by atoms with Gasteiger partial charge < -0.3 is 5.32 Å². The number of hydrogen-bond donors (Lipinski definition) is 1. The Kier molecular flexibility index (Phi) is 4.83. The van der Waals surface area contributed by atoms with Crippen molar-refractivity contribution in [3.05, 3.63) is 57.8 Å². The van der Waals surface area contributed by atoms with E-state index in [0.717, 1.165) is 18.1 Å². The van der Waals surface area contributed by atoms with E-state index in [2.05, 4.69) is 5.32 Å². The number of benzene rings is 1. The van der Waals surface area contributed by atoms with Gasteiger partial charge in [-0.2, -0.15) is 24.5 Å². The van der Waals surface area contributed by atoms with Crippen molar-refractivity contribution >= 4 is 11.3 Å². The first-order valence-corrected chi connectivity index (χ1v) is 7.40. The Balaban J connectivity index is 2.44. The second-order valence-corrected chi connectivity index (χ2v) is 5.31. The summed E-state index contributed by atoms with van der Waals surface area (Å²) in [6.07, 6.45) is -3.46. The van der Waals surface area contributed by atoms with Crippen LogP contribution in [0.5, 0.6) is 0 Å². The highest BCUT2D eigenvalue weighted by molar-refractivity contribution is 7.08. The molecule has 2 aromatic rings. The molecule has 0 fully saturated rings. The lowest BCUT2D eigenvalue weighted by Crippen LogP contribution is -2.25. The number of hydrogen-bond acceptors (Lipinski definition) is 2. The molecule has 20 heavy (non-hydrogen) atoms. The predicted molar refractivity (Wildman–Crippen MR) is 75.9 cm³/mol. The summed E-state index contributed by atoms with van der Waals surface area (Å²) in [5.41, 5.74) is 0.590. The summed E-state index contributed by atoms with van der Waals surface area (Å²) in [4.78, 5) is 0. The summed E-state index contributed by atoms with van der Waals surface area (Å²) in [6.45, 7) is 2.67. The fraction of sp³-hybridized carbons (Fsp3) is 0.333. The van der Waals surface area contributed by atoms with E-state index in [-0.39, 0.29) is 5.56 Å². The summed E-state index contributed by atoms with van der Waals surface area (Å²) in [6, 6.07) is 7.22. The molecule has 0 bridgehead atoms. The molecule has 1 atom stereocenters. The first kappa shape index (κ1) is 15.1. The van der Waals surface area contributed by atoms with Crippen molar-refractivity contribution < 1.29 is 13.2 Å². The van der Waals surface area contributed by atoms with Crippen molar-refractivity contribution in [3.63, 3.8) is 0 Å². The van der Waals surface area contributed by atoms with Crippen molar-refractivity contribution in [1.82, 2.24) is 5.32 Å². The Morgan fingerprint density at radius 3 is 2.55 bits per heavy atom. The Morgan fingerprint density at radius 2 is 1.95 bits per heavy atom. The number of rotatable bonds is 5. The summed E-state index contributed by atoms with van der Waals surface area (Å²) in [5.74, 6) is 0. The van der Waals surface area contributed by atoms with E-state index in [9.17, 15) is 13.2 Å². The molecule has 0 saturated heterocycles. The first-order chi connectivity index (χ1) is 9.54. The average Bonchev–Trinajstić information content (AvgIpc) is 2.92. The maximum absolute atomic E-state index is 13.1. The Hall–Kier alpha value is -1.33. The van der Waals surface area contributed by atoms with Crippen LogP contribution in [0.2, 0.25) is 0 Å². The molecule has 0 saturated carbocycles. The van der Waals surface area contributed by atoms with Gasteiger partial charge in [0.2, 0.25) is 0 Å². The molecular formula is C15H16F3NS. The summed E-state index contributed by atoms with van der Waals surface area (Å²) >= 11 is 1.49. The quantitative estimate of drug-likeness (QED) is 0.831. The predicted octanol–water partition coefficient (Wildman–Crippen LogP) is 4.86.